The number of ether oxygens (including phenoxy) is 2. The SMILES string of the molecule is COc1cc(F)c(CN2CC(O)C(Cc3cc(C)[nH]n3)C2)cc1OC. The number of aliphatic hydroxyl groups excluding tert-OH is 1. The first-order chi connectivity index (χ1) is 12.0. The average Bonchev–Trinajstić information content (AvgIpc) is 3.15. The fraction of sp³-hybridized carbons (Fsp3) is 0.500. The number of aryl methyl sites for hydroxylation is 1. The predicted octanol–water partition coefficient (Wildman–Crippen LogP) is 1.91. The van der Waals surface area contributed by atoms with Crippen LogP contribution in [0.1, 0.15) is 17.0 Å². The van der Waals surface area contributed by atoms with Gasteiger partial charge in [-0.2, -0.15) is 5.10 Å². The quantitative estimate of drug-likeness (QED) is 0.834. The Kier molecular flexibility index (Phi) is 5.24. The number of benzene rings is 1. The first kappa shape index (κ1) is 17.7. The Morgan fingerprint density at radius 3 is 2.60 bits per heavy atom. The van der Waals surface area contributed by atoms with Gasteiger partial charge in [-0.05, 0) is 25.5 Å². The van der Waals surface area contributed by atoms with Gasteiger partial charge in [0.05, 0.1) is 26.0 Å². The summed E-state index contributed by atoms with van der Waals surface area (Å²) in [6.07, 6.45) is 0.261. The lowest BCUT2D eigenvalue weighted by atomic mass is 10.0. The van der Waals surface area contributed by atoms with Crippen molar-refractivity contribution in [3.8, 4) is 11.5 Å². The highest BCUT2D eigenvalue weighted by Crippen LogP contribution is 2.31. The van der Waals surface area contributed by atoms with Crippen molar-refractivity contribution in [1.82, 2.24) is 15.1 Å². The molecule has 1 saturated heterocycles. The van der Waals surface area contributed by atoms with Gasteiger partial charge < -0.3 is 14.6 Å². The lowest BCUT2D eigenvalue weighted by molar-refractivity contribution is 0.140. The van der Waals surface area contributed by atoms with Crippen LogP contribution in [0.3, 0.4) is 0 Å². The molecule has 25 heavy (non-hydrogen) atoms. The summed E-state index contributed by atoms with van der Waals surface area (Å²) < 4.78 is 24.7. The average molecular weight is 349 g/mol. The largest absolute Gasteiger partial charge is 0.493 e. The van der Waals surface area contributed by atoms with E-state index in [1.54, 1.807) is 6.07 Å². The number of hydrogen-bond donors (Lipinski definition) is 2. The number of aliphatic hydroxyl groups is 1. The van der Waals surface area contributed by atoms with E-state index in [1.165, 1.54) is 20.3 Å². The van der Waals surface area contributed by atoms with E-state index < -0.39 is 6.10 Å². The molecule has 1 aromatic heterocycles. The van der Waals surface area contributed by atoms with Gasteiger partial charge >= 0.3 is 0 Å². The minimum absolute atomic E-state index is 0.0888. The van der Waals surface area contributed by atoms with Gasteiger partial charge in [0, 0.05) is 42.9 Å². The Morgan fingerprint density at radius 2 is 1.96 bits per heavy atom. The van der Waals surface area contributed by atoms with Crippen molar-refractivity contribution in [3.63, 3.8) is 0 Å². The minimum atomic E-state index is -0.444. The fourth-order valence-corrected chi connectivity index (χ4v) is 3.38. The third-order valence-electron chi connectivity index (χ3n) is 4.66. The second-order valence-corrected chi connectivity index (χ2v) is 6.57. The Hall–Kier alpha value is -2.12. The monoisotopic (exact) mass is 349 g/mol. The van der Waals surface area contributed by atoms with E-state index >= 15 is 0 Å². The topological polar surface area (TPSA) is 70.6 Å². The van der Waals surface area contributed by atoms with Crippen LogP contribution in [-0.4, -0.2) is 53.6 Å². The lowest BCUT2D eigenvalue weighted by Gasteiger charge is -2.17. The molecule has 0 amide bonds. The van der Waals surface area contributed by atoms with Crippen LogP contribution in [0.15, 0.2) is 18.2 Å². The number of β-amino-alcohol motifs (C(OH)–C–C–N with tert-alkyl or cyclic N) is 1. The van der Waals surface area contributed by atoms with Crippen molar-refractivity contribution in [2.75, 3.05) is 27.3 Å². The van der Waals surface area contributed by atoms with Gasteiger partial charge in [-0.25, -0.2) is 4.39 Å². The normalized spacial score (nSPS) is 20.8. The summed E-state index contributed by atoms with van der Waals surface area (Å²) in [5.41, 5.74) is 2.48. The van der Waals surface area contributed by atoms with E-state index in [9.17, 15) is 9.50 Å². The smallest absolute Gasteiger partial charge is 0.163 e. The van der Waals surface area contributed by atoms with E-state index in [-0.39, 0.29) is 11.7 Å². The summed E-state index contributed by atoms with van der Waals surface area (Å²) >= 11 is 0. The minimum Gasteiger partial charge on any atom is -0.493 e. The maximum atomic E-state index is 14.3. The zero-order valence-electron chi connectivity index (χ0n) is 14.8. The molecule has 0 radical (unpaired) electrons. The molecule has 2 N–H and O–H groups in total. The first-order valence-corrected chi connectivity index (χ1v) is 8.32. The molecular formula is C18H24FN3O3. The molecular weight excluding hydrogens is 325 g/mol. The van der Waals surface area contributed by atoms with Crippen LogP contribution in [0.4, 0.5) is 4.39 Å². The van der Waals surface area contributed by atoms with Crippen LogP contribution in [0.5, 0.6) is 11.5 Å². The van der Waals surface area contributed by atoms with Gasteiger partial charge in [0.15, 0.2) is 11.5 Å². The molecule has 0 spiro atoms. The van der Waals surface area contributed by atoms with Crippen molar-refractivity contribution >= 4 is 0 Å². The number of hydrogen-bond acceptors (Lipinski definition) is 5. The number of halogens is 1. The Labute approximate surface area is 146 Å². The van der Waals surface area contributed by atoms with Crippen molar-refractivity contribution in [2.24, 2.45) is 5.92 Å². The van der Waals surface area contributed by atoms with Crippen LogP contribution in [-0.2, 0) is 13.0 Å². The van der Waals surface area contributed by atoms with E-state index in [2.05, 4.69) is 15.1 Å². The van der Waals surface area contributed by atoms with Crippen LogP contribution in [0, 0.1) is 18.7 Å². The predicted molar refractivity (Wildman–Crippen MR) is 91.3 cm³/mol. The van der Waals surface area contributed by atoms with Crippen molar-refractivity contribution in [3.05, 3.63) is 41.0 Å². The van der Waals surface area contributed by atoms with Crippen LogP contribution in [0.25, 0.3) is 0 Å². The summed E-state index contributed by atoms with van der Waals surface area (Å²) in [5, 5.41) is 17.5. The second kappa shape index (κ2) is 7.41. The number of likely N-dealkylation sites (tertiary alicyclic amines) is 1. The van der Waals surface area contributed by atoms with Crippen LogP contribution < -0.4 is 9.47 Å². The molecule has 1 aliphatic rings. The molecule has 6 nitrogen and oxygen atoms in total. The number of aromatic nitrogens is 2. The van der Waals surface area contributed by atoms with Gasteiger partial charge in [0.25, 0.3) is 0 Å². The highest BCUT2D eigenvalue weighted by Gasteiger charge is 2.32. The number of H-pyrrole nitrogens is 1. The van der Waals surface area contributed by atoms with Crippen LogP contribution >= 0.6 is 0 Å². The zero-order valence-corrected chi connectivity index (χ0v) is 14.8. The number of methoxy groups -OCH3 is 2. The van der Waals surface area contributed by atoms with Crippen molar-refractivity contribution in [2.45, 2.75) is 26.0 Å². The summed E-state index contributed by atoms with van der Waals surface area (Å²) in [5.74, 6) is 0.628. The molecule has 0 aliphatic carbocycles. The molecule has 136 valence electrons. The van der Waals surface area contributed by atoms with Gasteiger partial charge in [-0.3, -0.25) is 10.00 Å². The highest BCUT2D eigenvalue weighted by molar-refractivity contribution is 5.43. The second-order valence-electron chi connectivity index (χ2n) is 6.57. The maximum Gasteiger partial charge on any atom is 0.163 e. The molecule has 0 bridgehead atoms. The number of rotatable bonds is 6. The highest BCUT2D eigenvalue weighted by atomic mass is 19.1. The van der Waals surface area contributed by atoms with E-state index in [0.29, 0.717) is 43.1 Å². The molecule has 1 fully saturated rings. The van der Waals surface area contributed by atoms with Gasteiger partial charge in [-0.15, -0.1) is 0 Å². The first-order valence-electron chi connectivity index (χ1n) is 8.32. The summed E-state index contributed by atoms with van der Waals surface area (Å²) in [6.45, 7) is 3.58. The Morgan fingerprint density at radius 1 is 1.24 bits per heavy atom. The van der Waals surface area contributed by atoms with Crippen molar-refractivity contribution in [1.29, 1.82) is 0 Å². The maximum absolute atomic E-state index is 14.3. The zero-order chi connectivity index (χ0) is 18.0. The molecule has 2 aromatic rings. The van der Waals surface area contributed by atoms with E-state index in [4.69, 9.17) is 9.47 Å². The van der Waals surface area contributed by atoms with Crippen LogP contribution in [0.2, 0.25) is 0 Å². The van der Waals surface area contributed by atoms with Gasteiger partial charge in [-0.1, -0.05) is 0 Å². The summed E-state index contributed by atoms with van der Waals surface area (Å²) in [4.78, 5) is 2.05. The van der Waals surface area contributed by atoms with Crippen molar-refractivity contribution < 1.29 is 19.0 Å². The molecule has 3 rings (SSSR count). The van der Waals surface area contributed by atoms with Gasteiger partial charge in [0.2, 0.25) is 0 Å². The van der Waals surface area contributed by atoms with E-state index in [1.807, 2.05) is 13.0 Å². The van der Waals surface area contributed by atoms with Gasteiger partial charge in [0.1, 0.15) is 5.82 Å². The fourth-order valence-electron chi connectivity index (χ4n) is 3.38. The molecule has 2 heterocycles. The molecule has 1 aromatic carbocycles. The Balaban J connectivity index is 1.68. The third kappa shape index (κ3) is 3.93. The molecule has 7 heteroatoms. The number of aromatic amines is 1. The molecule has 1 aliphatic heterocycles. The molecule has 0 saturated carbocycles. The standard InChI is InChI=1S/C18H24FN3O3/c1-11-4-14(21-20-11)5-13-9-22(10-16(13)23)8-12-6-17(24-2)18(25-3)7-15(12)19/h4,6-7,13,16,23H,5,8-10H2,1-3H3,(H,20,21). The number of nitrogens with zero attached hydrogens (tertiary/aromatic N) is 2. The molecule has 2 unspecified atom stereocenters. The molecule has 2 atom stereocenters. The third-order valence-corrected chi connectivity index (χ3v) is 4.66. The lowest BCUT2D eigenvalue weighted by Crippen LogP contribution is -2.22. The van der Waals surface area contributed by atoms with E-state index in [0.717, 1.165) is 11.4 Å². The summed E-state index contributed by atoms with van der Waals surface area (Å²) in [6, 6.07) is 4.99. The number of nitrogens with one attached hydrogen (secondary N) is 1. The summed E-state index contributed by atoms with van der Waals surface area (Å²) in [7, 11) is 3.01. The Bertz CT molecular complexity index is 734.